The summed E-state index contributed by atoms with van der Waals surface area (Å²) in [6.45, 7) is 9.80. The van der Waals surface area contributed by atoms with Gasteiger partial charge in [0, 0.05) is 23.3 Å². The molecule has 0 saturated carbocycles. The molecule has 0 aromatic heterocycles. The summed E-state index contributed by atoms with van der Waals surface area (Å²) >= 11 is 12.6. The summed E-state index contributed by atoms with van der Waals surface area (Å²) in [4.78, 5) is 14.5. The van der Waals surface area contributed by atoms with Gasteiger partial charge in [0.05, 0.1) is 16.3 Å². The van der Waals surface area contributed by atoms with E-state index in [2.05, 4.69) is 49.2 Å². The normalized spacial score (nSPS) is 17.5. The van der Waals surface area contributed by atoms with Crippen LogP contribution in [0.5, 0.6) is 5.75 Å². The topological polar surface area (TPSA) is 53.9 Å². The van der Waals surface area contributed by atoms with Crippen molar-refractivity contribution >= 4 is 41.0 Å². The van der Waals surface area contributed by atoms with Gasteiger partial charge in [-0.05, 0) is 62.4 Å². The van der Waals surface area contributed by atoms with Crippen molar-refractivity contribution in [1.29, 1.82) is 0 Å². The smallest absolute Gasteiger partial charge is 0.277 e. The molecule has 2 aromatic carbocycles. The maximum absolute atomic E-state index is 12.0. The van der Waals surface area contributed by atoms with Gasteiger partial charge in [0.25, 0.3) is 5.91 Å². The lowest BCUT2D eigenvalue weighted by Gasteiger charge is -2.47. The number of carbonyl (C=O) groups excluding carboxylic acids is 1. The Morgan fingerprint density at radius 2 is 2.03 bits per heavy atom. The highest BCUT2D eigenvalue weighted by Crippen LogP contribution is 2.45. The number of nitrogens with zero attached hydrogens (tertiary/aromatic N) is 2. The van der Waals surface area contributed by atoms with Crippen LogP contribution < -0.4 is 15.1 Å². The molecule has 0 bridgehead atoms. The van der Waals surface area contributed by atoms with Crippen LogP contribution in [0.1, 0.15) is 57.6 Å². The Bertz CT molecular complexity index is 975. The van der Waals surface area contributed by atoms with Crippen molar-refractivity contribution in [2.75, 3.05) is 18.1 Å². The molecule has 7 heteroatoms. The number of rotatable bonds is 7. The number of para-hydroxylation sites is 1. The van der Waals surface area contributed by atoms with Crippen LogP contribution in [-0.4, -0.2) is 30.8 Å². The highest BCUT2D eigenvalue weighted by Gasteiger charge is 2.36. The predicted molar refractivity (Wildman–Crippen MR) is 129 cm³/mol. The van der Waals surface area contributed by atoms with E-state index in [-0.39, 0.29) is 18.1 Å². The molecule has 1 atom stereocenters. The van der Waals surface area contributed by atoms with E-state index in [1.807, 2.05) is 6.07 Å². The second kappa shape index (κ2) is 9.92. The predicted octanol–water partition coefficient (Wildman–Crippen LogP) is 6.02. The molecule has 0 radical (unpaired) electrons. The molecule has 1 aliphatic rings. The molecule has 166 valence electrons. The van der Waals surface area contributed by atoms with Crippen molar-refractivity contribution in [3.8, 4) is 5.75 Å². The number of ether oxygens (including phenoxy) is 1. The molecular weight excluding hydrogens is 433 g/mol. The molecule has 3 rings (SSSR count). The molecule has 1 amide bonds. The average molecular weight is 462 g/mol. The third-order valence-corrected chi connectivity index (χ3v) is 6.18. The molecule has 1 heterocycles. The van der Waals surface area contributed by atoms with Crippen molar-refractivity contribution < 1.29 is 9.53 Å². The van der Waals surface area contributed by atoms with Crippen molar-refractivity contribution in [2.45, 2.75) is 52.0 Å². The van der Waals surface area contributed by atoms with E-state index in [9.17, 15) is 4.79 Å². The first kappa shape index (κ1) is 23.4. The molecule has 1 N–H and O–H groups in total. The maximum atomic E-state index is 12.0. The van der Waals surface area contributed by atoms with Gasteiger partial charge in [-0.2, -0.15) is 5.10 Å². The number of halogens is 2. The summed E-state index contributed by atoms with van der Waals surface area (Å²) in [5, 5.41) is 5.12. The fourth-order valence-corrected chi connectivity index (χ4v) is 4.57. The minimum Gasteiger partial charge on any atom is -0.482 e. The third kappa shape index (κ3) is 5.52. The Morgan fingerprint density at radius 3 is 2.74 bits per heavy atom. The van der Waals surface area contributed by atoms with Crippen LogP contribution in [0.3, 0.4) is 0 Å². The number of amides is 1. The van der Waals surface area contributed by atoms with Crippen molar-refractivity contribution in [3.63, 3.8) is 0 Å². The Morgan fingerprint density at radius 1 is 1.29 bits per heavy atom. The zero-order valence-electron chi connectivity index (χ0n) is 18.4. The quantitative estimate of drug-likeness (QED) is 0.404. The summed E-state index contributed by atoms with van der Waals surface area (Å²) in [6, 6.07) is 11.1. The van der Waals surface area contributed by atoms with Gasteiger partial charge in [-0.3, -0.25) is 4.79 Å². The molecule has 1 aliphatic heterocycles. The number of hydrogen-bond acceptors (Lipinski definition) is 4. The van der Waals surface area contributed by atoms with Gasteiger partial charge < -0.3 is 9.64 Å². The third-order valence-electron chi connectivity index (χ3n) is 5.54. The number of fused-ring (bicyclic) bond motifs is 1. The van der Waals surface area contributed by atoms with Gasteiger partial charge in [-0.1, -0.05) is 49.2 Å². The first-order valence-corrected chi connectivity index (χ1v) is 11.3. The van der Waals surface area contributed by atoms with Crippen LogP contribution in [0.25, 0.3) is 0 Å². The largest absolute Gasteiger partial charge is 0.482 e. The molecule has 1 unspecified atom stereocenters. The number of carbonyl (C=O) groups is 1. The highest BCUT2D eigenvalue weighted by atomic mass is 35.5. The second-order valence-electron chi connectivity index (χ2n) is 8.51. The Balaban J connectivity index is 1.70. The number of anilines is 1. The molecule has 31 heavy (non-hydrogen) atoms. The van der Waals surface area contributed by atoms with E-state index in [1.54, 1.807) is 30.5 Å². The molecular formula is C24H29Cl2N3O2. The zero-order chi connectivity index (χ0) is 22.6. The summed E-state index contributed by atoms with van der Waals surface area (Å²) in [5.41, 5.74) is 5.77. The fourth-order valence-electron chi connectivity index (χ4n) is 4.18. The summed E-state index contributed by atoms with van der Waals surface area (Å²) in [7, 11) is 0. The Kier molecular flexibility index (Phi) is 7.50. The van der Waals surface area contributed by atoms with Crippen LogP contribution >= 0.6 is 23.2 Å². The van der Waals surface area contributed by atoms with E-state index < -0.39 is 0 Å². The molecule has 0 saturated heterocycles. The Labute approximate surface area is 194 Å². The highest BCUT2D eigenvalue weighted by molar-refractivity contribution is 6.33. The lowest BCUT2D eigenvalue weighted by Crippen LogP contribution is -2.48. The number of benzene rings is 2. The maximum Gasteiger partial charge on any atom is 0.277 e. The lowest BCUT2D eigenvalue weighted by atomic mass is 9.79. The fraction of sp³-hybridized carbons (Fsp3) is 0.417. The summed E-state index contributed by atoms with van der Waals surface area (Å²) in [6.07, 6.45) is 3.71. The van der Waals surface area contributed by atoms with Gasteiger partial charge in [-0.25, -0.2) is 5.43 Å². The minimum atomic E-state index is -0.380. The molecule has 0 aliphatic carbocycles. The summed E-state index contributed by atoms with van der Waals surface area (Å²) < 4.78 is 5.42. The van der Waals surface area contributed by atoms with E-state index in [1.165, 1.54) is 11.3 Å². The first-order valence-electron chi connectivity index (χ1n) is 10.5. The van der Waals surface area contributed by atoms with Crippen LogP contribution in [0.15, 0.2) is 41.5 Å². The monoisotopic (exact) mass is 461 g/mol. The Hall–Kier alpha value is -2.24. The van der Waals surface area contributed by atoms with Crippen LogP contribution in [0.2, 0.25) is 10.0 Å². The standard InChI is InChI=1S/C24H29Cl2N3O2/c1-5-10-29-21-12-20(26)17(11-18(21)16(2)13-24(29,3)4)14-27-28-23(30)15-31-22-9-7-6-8-19(22)25/h6-9,11-12,14,16H,5,10,13,15H2,1-4H3,(H,28,30)/b27-14+. The molecule has 0 spiro atoms. The number of hydrazone groups is 1. The van der Waals surface area contributed by atoms with Gasteiger partial charge in [0.15, 0.2) is 6.61 Å². The van der Waals surface area contributed by atoms with Crippen LogP contribution in [0.4, 0.5) is 5.69 Å². The zero-order valence-corrected chi connectivity index (χ0v) is 19.9. The average Bonchev–Trinajstić information content (AvgIpc) is 2.71. The second-order valence-corrected chi connectivity index (χ2v) is 9.33. The van der Waals surface area contributed by atoms with Gasteiger partial charge >= 0.3 is 0 Å². The van der Waals surface area contributed by atoms with Gasteiger partial charge in [-0.15, -0.1) is 0 Å². The van der Waals surface area contributed by atoms with Crippen LogP contribution in [-0.2, 0) is 4.79 Å². The molecule has 5 nitrogen and oxygen atoms in total. The van der Waals surface area contributed by atoms with E-state index >= 15 is 0 Å². The van der Waals surface area contributed by atoms with E-state index in [0.29, 0.717) is 21.7 Å². The van der Waals surface area contributed by atoms with Crippen molar-refractivity contribution in [1.82, 2.24) is 5.43 Å². The van der Waals surface area contributed by atoms with Crippen molar-refractivity contribution in [2.24, 2.45) is 5.10 Å². The summed E-state index contributed by atoms with van der Waals surface area (Å²) in [5.74, 6) is 0.477. The SMILES string of the molecule is CCCN1c2cc(Cl)c(/C=N/NC(=O)COc3ccccc3Cl)cc2C(C)CC1(C)C. The van der Waals surface area contributed by atoms with E-state index in [4.69, 9.17) is 27.9 Å². The van der Waals surface area contributed by atoms with Crippen molar-refractivity contribution in [3.05, 3.63) is 57.6 Å². The minimum absolute atomic E-state index is 0.0803. The molecule has 0 fully saturated rings. The van der Waals surface area contributed by atoms with Gasteiger partial charge in [0.2, 0.25) is 0 Å². The van der Waals surface area contributed by atoms with E-state index in [0.717, 1.165) is 24.9 Å². The molecule has 2 aromatic rings. The number of nitrogens with one attached hydrogen (secondary N) is 1. The number of hydrogen-bond donors (Lipinski definition) is 1. The van der Waals surface area contributed by atoms with Gasteiger partial charge in [0.1, 0.15) is 5.75 Å². The first-order chi connectivity index (χ1) is 14.7. The van der Waals surface area contributed by atoms with Crippen LogP contribution in [0, 0.1) is 0 Å². The lowest BCUT2D eigenvalue weighted by molar-refractivity contribution is -0.123.